The first-order valence-electron chi connectivity index (χ1n) is 8.23. The van der Waals surface area contributed by atoms with Gasteiger partial charge in [0.25, 0.3) is 0 Å². The van der Waals surface area contributed by atoms with Crippen molar-refractivity contribution in [3.05, 3.63) is 60.3 Å². The maximum absolute atomic E-state index is 11.6. The highest BCUT2D eigenvalue weighted by molar-refractivity contribution is 7.92. The number of hydrogen-bond acceptors (Lipinski definition) is 5. The number of aromatic nitrogens is 3. The second-order valence-corrected chi connectivity index (χ2v) is 7.74. The molecule has 134 valence electrons. The second kappa shape index (κ2) is 7.21. The van der Waals surface area contributed by atoms with Crippen molar-refractivity contribution < 1.29 is 8.42 Å². The van der Waals surface area contributed by atoms with Crippen LogP contribution in [0.5, 0.6) is 0 Å². The summed E-state index contributed by atoms with van der Waals surface area (Å²) in [6.07, 6.45) is 5.13. The molecule has 3 rings (SSSR count). The molecule has 0 fully saturated rings. The van der Waals surface area contributed by atoms with Crippen LogP contribution in [0.15, 0.2) is 48.9 Å². The summed E-state index contributed by atoms with van der Waals surface area (Å²) in [7, 11) is -3.40. The Labute approximate surface area is 153 Å². The van der Waals surface area contributed by atoms with E-state index in [1.54, 1.807) is 25.5 Å². The molecule has 6 nitrogen and oxygen atoms in total. The van der Waals surface area contributed by atoms with Gasteiger partial charge in [0.05, 0.1) is 29.0 Å². The third kappa shape index (κ3) is 3.88. The first-order valence-corrected chi connectivity index (χ1v) is 10.1. The Kier molecular flexibility index (Phi) is 4.99. The fraction of sp³-hybridized carbons (Fsp3) is 0.211. The van der Waals surface area contributed by atoms with Crippen LogP contribution in [0.2, 0.25) is 0 Å². The van der Waals surface area contributed by atoms with Gasteiger partial charge in [0.2, 0.25) is 10.0 Å². The van der Waals surface area contributed by atoms with Crippen molar-refractivity contribution >= 4 is 15.7 Å². The molecule has 0 saturated heterocycles. The van der Waals surface area contributed by atoms with Crippen LogP contribution in [-0.4, -0.2) is 29.6 Å². The van der Waals surface area contributed by atoms with Gasteiger partial charge in [0.15, 0.2) is 0 Å². The summed E-state index contributed by atoms with van der Waals surface area (Å²) in [5, 5.41) is 0. The second-order valence-electron chi connectivity index (χ2n) is 5.99. The largest absolute Gasteiger partial charge is 0.282 e. The first kappa shape index (κ1) is 18.0. The molecule has 2 aromatic heterocycles. The molecule has 0 radical (unpaired) electrons. The van der Waals surface area contributed by atoms with Crippen molar-refractivity contribution in [3.8, 4) is 22.4 Å². The van der Waals surface area contributed by atoms with E-state index < -0.39 is 10.0 Å². The molecule has 0 bridgehead atoms. The zero-order chi connectivity index (χ0) is 18.7. The van der Waals surface area contributed by atoms with E-state index in [9.17, 15) is 8.42 Å². The molecule has 0 spiro atoms. The number of nitrogens with zero attached hydrogens (tertiary/aromatic N) is 3. The molecule has 0 unspecified atom stereocenters. The quantitative estimate of drug-likeness (QED) is 0.745. The molecule has 1 aromatic carbocycles. The lowest BCUT2D eigenvalue weighted by Gasteiger charge is -2.15. The molecular formula is C19H20N4O2S. The minimum atomic E-state index is -3.40. The number of nitrogens with one attached hydrogen (secondary N) is 1. The van der Waals surface area contributed by atoms with Crippen LogP contribution < -0.4 is 4.72 Å². The van der Waals surface area contributed by atoms with Crippen molar-refractivity contribution in [1.82, 2.24) is 15.0 Å². The van der Waals surface area contributed by atoms with Gasteiger partial charge in [0, 0.05) is 22.9 Å². The number of anilines is 1. The molecule has 0 aliphatic rings. The lowest BCUT2D eigenvalue weighted by Crippen LogP contribution is -2.11. The third-order valence-corrected chi connectivity index (χ3v) is 4.57. The molecule has 0 atom stereocenters. The van der Waals surface area contributed by atoms with E-state index in [0.717, 1.165) is 40.8 Å². The normalized spacial score (nSPS) is 11.3. The third-order valence-electron chi connectivity index (χ3n) is 3.98. The molecule has 7 heteroatoms. The summed E-state index contributed by atoms with van der Waals surface area (Å²) in [6, 6.07) is 11.6. The van der Waals surface area contributed by atoms with E-state index in [2.05, 4.69) is 19.7 Å². The Hall–Kier alpha value is -2.80. The maximum atomic E-state index is 11.6. The molecular weight excluding hydrogens is 348 g/mol. The van der Waals surface area contributed by atoms with E-state index in [-0.39, 0.29) is 0 Å². The topological polar surface area (TPSA) is 84.8 Å². The number of pyridine rings is 1. The zero-order valence-corrected chi connectivity index (χ0v) is 15.7. The maximum Gasteiger partial charge on any atom is 0.229 e. The van der Waals surface area contributed by atoms with Gasteiger partial charge in [0.1, 0.15) is 6.33 Å². The van der Waals surface area contributed by atoms with Crippen LogP contribution in [0, 0.1) is 6.92 Å². The lowest BCUT2D eigenvalue weighted by molar-refractivity contribution is 0.606. The summed E-state index contributed by atoms with van der Waals surface area (Å²) in [4.78, 5) is 13.3. The number of benzene rings is 1. The Bertz CT molecular complexity index is 1030. The molecule has 0 aliphatic heterocycles. The zero-order valence-electron chi connectivity index (χ0n) is 14.9. The summed E-state index contributed by atoms with van der Waals surface area (Å²) in [6.45, 7) is 3.79. The van der Waals surface area contributed by atoms with Crippen molar-refractivity contribution in [2.75, 3.05) is 11.0 Å². The van der Waals surface area contributed by atoms with E-state index in [0.29, 0.717) is 11.4 Å². The van der Waals surface area contributed by atoms with Gasteiger partial charge in [-0.3, -0.25) is 9.71 Å². The lowest BCUT2D eigenvalue weighted by atomic mass is 9.97. The number of aryl methyl sites for hydroxylation is 2. The van der Waals surface area contributed by atoms with E-state index in [4.69, 9.17) is 0 Å². The molecule has 0 aliphatic carbocycles. The number of sulfonamides is 1. The molecule has 0 amide bonds. The first-order chi connectivity index (χ1) is 12.4. The van der Waals surface area contributed by atoms with Crippen LogP contribution >= 0.6 is 0 Å². The van der Waals surface area contributed by atoms with Crippen LogP contribution in [0.25, 0.3) is 22.4 Å². The summed E-state index contributed by atoms with van der Waals surface area (Å²) < 4.78 is 25.8. The summed E-state index contributed by atoms with van der Waals surface area (Å²) in [5.74, 6) is 0. The van der Waals surface area contributed by atoms with Gasteiger partial charge in [-0.1, -0.05) is 37.3 Å². The fourth-order valence-corrected chi connectivity index (χ4v) is 3.39. The highest BCUT2D eigenvalue weighted by atomic mass is 32.2. The van der Waals surface area contributed by atoms with E-state index in [1.807, 2.05) is 37.3 Å². The van der Waals surface area contributed by atoms with E-state index in [1.165, 1.54) is 0 Å². The predicted molar refractivity (Wildman–Crippen MR) is 103 cm³/mol. The monoisotopic (exact) mass is 368 g/mol. The molecule has 2 heterocycles. The Morgan fingerprint density at radius 2 is 1.77 bits per heavy atom. The molecule has 1 N–H and O–H groups in total. The summed E-state index contributed by atoms with van der Waals surface area (Å²) >= 11 is 0. The Morgan fingerprint density at radius 3 is 2.42 bits per heavy atom. The standard InChI is InChI=1S/C19H20N4O2S/c1-4-16-18(19(22-12-21-16)14-8-6-5-7-9-14)15-10-17(13(2)20-11-15)23-26(3,24)25/h5-12,23H,4H2,1-3H3. The van der Waals surface area contributed by atoms with Crippen LogP contribution in [-0.2, 0) is 16.4 Å². The minimum absolute atomic E-state index is 0.454. The predicted octanol–water partition coefficient (Wildman–Crippen LogP) is 3.45. The molecule has 3 aromatic rings. The van der Waals surface area contributed by atoms with Crippen molar-refractivity contribution in [3.63, 3.8) is 0 Å². The smallest absolute Gasteiger partial charge is 0.229 e. The number of rotatable bonds is 5. The highest BCUT2D eigenvalue weighted by Gasteiger charge is 2.16. The fourth-order valence-electron chi connectivity index (χ4n) is 2.78. The average molecular weight is 368 g/mol. The van der Waals surface area contributed by atoms with Gasteiger partial charge in [-0.05, 0) is 19.4 Å². The van der Waals surface area contributed by atoms with Gasteiger partial charge in [-0.2, -0.15) is 0 Å². The van der Waals surface area contributed by atoms with Crippen LogP contribution in [0.3, 0.4) is 0 Å². The van der Waals surface area contributed by atoms with Crippen LogP contribution in [0.4, 0.5) is 5.69 Å². The SMILES string of the molecule is CCc1ncnc(-c2ccccc2)c1-c1cnc(C)c(NS(C)(=O)=O)c1. The minimum Gasteiger partial charge on any atom is -0.282 e. The summed E-state index contributed by atoms with van der Waals surface area (Å²) in [5.41, 5.74) is 5.36. The van der Waals surface area contributed by atoms with Crippen LogP contribution in [0.1, 0.15) is 18.3 Å². The molecule has 0 saturated carbocycles. The van der Waals surface area contributed by atoms with Crippen molar-refractivity contribution in [2.45, 2.75) is 20.3 Å². The van der Waals surface area contributed by atoms with Gasteiger partial charge in [-0.25, -0.2) is 18.4 Å². The average Bonchev–Trinajstić information content (AvgIpc) is 2.62. The number of hydrogen-bond donors (Lipinski definition) is 1. The van der Waals surface area contributed by atoms with Gasteiger partial charge in [-0.15, -0.1) is 0 Å². The van der Waals surface area contributed by atoms with Crippen molar-refractivity contribution in [2.24, 2.45) is 0 Å². The van der Waals surface area contributed by atoms with Crippen molar-refractivity contribution in [1.29, 1.82) is 0 Å². The Morgan fingerprint density at radius 1 is 1.04 bits per heavy atom. The highest BCUT2D eigenvalue weighted by Crippen LogP contribution is 2.34. The Balaban J connectivity index is 2.22. The van der Waals surface area contributed by atoms with Gasteiger partial charge >= 0.3 is 0 Å². The van der Waals surface area contributed by atoms with E-state index >= 15 is 0 Å². The molecule has 26 heavy (non-hydrogen) atoms. The van der Waals surface area contributed by atoms with Gasteiger partial charge < -0.3 is 0 Å².